The molecule has 3 rings (SSSR count). The average Bonchev–Trinajstić information content (AvgIpc) is 2.86. The van der Waals surface area contributed by atoms with Gasteiger partial charge in [-0.1, -0.05) is 43.9 Å². The van der Waals surface area contributed by atoms with E-state index in [-0.39, 0.29) is 11.8 Å². The number of thiocarbonyl (C=S) groups is 1. The number of hydrogen-bond donors (Lipinski definition) is 1. The molecule has 0 saturated carbocycles. The maximum absolute atomic E-state index is 12.9. The molecule has 2 aliphatic rings. The van der Waals surface area contributed by atoms with Gasteiger partial charge < -0.3 is 10.0 Å². The van der Waals surface area contributed by atoms with Gasteiger partial charge in [0.15, 0.2) is 0 Å². The molecule has 1 atom stereocenters. The Labute approximate surface area is 169 Å². The number of anilines is 1. The van der Waals surface area contributed by atoms with E-state index in [0.717, 1.165) is 24.9 Å². The number of carbonyl (C=O) groups is 2. The lowest BCUT2D eigenvalue weighted by molar-refractivity contribution is -0.145. The third kappa shape index (κ3) is 4.19. The van der Waals surface area contributed by atoms with E-state index in [1.165, 1.54) is 27.9 Å². The Morgan fingerprint density at radius 1 is 1.41 bits per heavy atom. The topological polar surface area (TPSA) is 60.9 Å². The van der Waals surface area contributed by atoms with Crippen LogP contribution in [0.15, 0.2) is 23.1 Å². The van der Waals surface area contributed by atoms with E-state index in [0.29, 0.717) is 15.6 Å². The molecule has 0 radical (unpaired) electrons. The van der Waals surface area contributed by atoms with Crippen LogP contribution in [0, 0.1) is 5.92 Å². The van der Waals surface area contributed by atoms with Crippen molar-refractivity contribution in [2.24, 2.45) is 5.92 Å². The van der Waals surface area contributed by atoms with Crippen molar-refractivity contribution in [3.63, 3.8) is 0 Å². The molecule has 1 amide bonds. The van der Waals surface area contributed by atoms with E-state index in [1.807, 2.05) is 26.0 Å². The summed E-state index contributed by atoms with van der Waals surface area (Å²) in [5.74, 6) is -1.18. The van der Waals surface area contributed by atoms with Crippen LogP contribution in [0.5, 0.6) is 0 Å². The van der Waals surface area contributed by atoms with Gasteiger partial charge in [-0.3, -0.25) is 9.69 Å². The summed E-state index contributed by atoms with van der Waals surface area (Å²) in [5, 5.41) is 9.56. The van der Waals surface area contributed by atoms with Crippen molar-refractivity contribution in [2.45, 2.75) is 39.2 Å². The number of carboxylic acids is 1. The first kappa shape index (κ1) is 19.9. The van der Waals surface area contributed by atoms with Crippen LogP contribution in [-0.2, 0) is 16.0 Å². The summed E-state index contributed by atoms with van der Waals surface area (Å²) in [6.07, 6.45) is 4.34. The lowest BCUT2D eigenvalue weighted by Crippen LogP contribution is -2.44. The van der Waals surface area contributed by atoms with Crippen molar-refractivity contribution in [3.8, 4) is 0 Å². The van der Waals surface area contributed by atoms with Crippen LogP contribution in [0.25, 0.3) is 6.08 Å². The molecule has 0 unspecified atom stereocenters. The predicted molar refractivity (Wildman–Crippen MR) is 114 cm³/mol. The van der Waals surface area contributed by atoms with Gasteiger partial charge in [0.2, 0.25) is 0 Å². The third-order valence-corrected chi connectivity index (χ3v) is 6.20. The fourth-order valence-electron chi connectivity index (χ4n) is 3.56. The van der Waals surface area contributed by atoms with E-state index >= 15 is 0 Å². The SMILES string of the molecule is CC(C)C[C@H](C(=O)O)N1C(=O)/C(=C\c2ccc3c(c2)CCCN3C)SC1=S. The highest BCUT2D eigenvalue weighted by molar-refractivity contribution is 8.26. The molecular formula is C20H24N2O3S2. The van der Waals surface area contributed by atoms with Gasteiger partial charge >= 0.3 is 5.97 Å². The summed E-state index contributed by atoms with van der Waals surface area (Å²) < 4.78 is 0.317. The van der Waals surface area contributed by atoms with Crippen LogP contribution in [0.1, 0.15) is 37.8 Å². The normalized spacial score (nSPS) is 19.8. The highest BCUT2D eigenvalue weighted by Crippen LogP contribution is 2.36. The summed E-state index contributed by atoms with van der Waals surface area (Å²) in [5.41, 5.74) is 3.45. The van der Waals surface area contributed by atoms with Gasteiger partial charge in [0.05, 0.1) is 4.91 Å². The second kappa shape index (κ2) is 8.02. The van der Waals surface area contributed by atoms with E-state index in [9.17, 15) is 14.7 Å². The van der Waals surface area contributed by atoms with E-state index < -0.39 is 12.0 Å². The second-order valence-corrected chi connectivity index (χ2v) is 9.12. The zero-order valence-corrected chi connectivity index (χ0v) is 17.4. The van der Waals surface area contributed by atoms with Crippen molar-refractivity contribution in [1.82, 2.24) is 4.90 Å². The number of aliphatic carboxylic acids is 1. The molecule has 0 aliphatic carbocycles. The first-order chi connectivity index (χ1) is 12.8. The maximum atomic E-state index is 12.9. The zero-order chi connectivity index (χ0) is 19.7. The number of rotatable bonds is 5. The highest BCUT2D eigenvalue weighted by Gasteiger charge is 2.40. The number of fused-ring (bicyclic) bond motifs is 1. The molecular weight excluding hydrogens is 380 g/mol. The van der Waals surface area contributed by atoms with Crippen LogP contribution in [0.4, 0.5) is 5.69 Å². The number of thioether (sulfide) groups is 1. The van der Waals surface area contributed by atoms with Gasteiger partial charge in [0.1, 0.15) is 10.4 Å². The molecule has 2 aliphatic heterocycles. The smallest absolute Gasteiger partial charge is 0.326 e. The van der Waals surface area contributed by atoms with Crippen molar-refractivity contribution in [3.05, 3.63) is 34.2 Å². The predicted octanol–water partition coefficient (Wildman–Crippen LogP) is 3.77. The third-order valence-electron chi connectivity index (χ3n) is 4.87. The monoisotopic (exact) mass is 404 g/mol. The van der Waals surface area contributed by atoms with Gasteiger partial charge in [-0.15, -0.1) is 0 Å². The quantitative estimate of drug-likeness (QED) is 0.595. The van der Waals surface area contributed by atoms with Gasteiger partial charge in [-0.2, -0.15) is 0 Å². The first-order valence-corrected chi connectivity index (χ1v) is 10.3. The lowest BCUT2D eigenvalue weighted by Gasteiger charge is -2.27. The Bertz CT molecular complexity index is 819. The van der Waals surface area contributed by atoms with Gasteiger partial charge in [0.25, 0.3) is 5.91 Å². The molecule has 0 spiro atoms. The molecule has 1 aromatic rings. The summed E-state index contributed by atoms with van der Waals surface area (Å²) in [6.45, 7) is 4.93. The number of carboxylic acid groups (broad SMARTS) is 1. The molecule has 7 heteroatoms. The van der Waals surface area contributed by atoms with E-state index in [1.54, 1.807) is 0 Å². The van der Waals surface area contributed by atoms with Gasteiger partial charge in [-0.25, -0.2) is 4.79 Å². The maximum Gasteiger partial charge on any atom is 0.326 e. The van der Waals surface area contributed by atoms with Gasteiger partial charge in [0, 0.05) is 19.3 Å². The molecule has 5 nitrogen and oxygen atoms in total. The Kier molecular flexibility index (Phi) is 5.91. The number of aryl methyl sites for hydroxylation is 1. The minimum absolute atomic E-state index is 0.150. The summed E-state index contributed by atoms with van der Waals surface area (Å²) in [4.78, 5) is 28.5. The van der Waals surface area contributed by atoms with Crippen LogP contribution in [0.3, 0.4) is 0 Å². The summed E-state index contributed by atoms with van der Waals surface area (Å²) in [6, 6.07) is 5.27. The van der Waals surface area contributed by atoms with Gasteiger partial charge in [-0.05, 0) is 54.5 Å². The Balaban J connectivity index is 1.87. The van der Waals surface area contributed by atoms with Crippen LogP contribution < -0.4 is 4.90 Å². The van der Waals surface area contributed by atoms with Crippen molar-refractivity contribution >= 4 is 51.9 Å². The largest absolute Gasteiger partial charge is 0.480 e. The Morgan fingerprint density at radius 3 is 2.81 bits per heavy atom. The fraction of sp³-hybridized carbons (Fsp3) is 0.450. The fourth-order valence-corrected chi connectivity index (χ4v) is 4.91. The number of amides is 1. The first-order valence-electron chi connectivity index (χ1n) is 9.12. The Hall–Kier alpha value is -1.86. The highest BCUT2D eigenvalue weighted by atomic mass is 32.2. The molecule has 1 N–H and O–H groups in total. The summed E-state index contributed by atoms with van der Waals surface area (Å²) >= 11 is 6.51. The number of nitrogens with zero attached hydrogens (tertiary/aromatic N) is 2. The summed E-state index contributed by atoms with van der Waals surface area (Å²) in [7, 11) is 2.09. The van der Waals surface area contributed by atoms with Crippen LogP contribution in [0.2, 0.25) is 0 Å². The van der Waals surface area contributed by atoms with Crippen molar-refractivity contribution < 1.29 is 14.7 Å². The molecule has 144 valence electrons. The average molecular weight is 405 g/mol. The second-order valence-electron chi connectivity index (χ2n) is 7.45. The molecule has 27 heavy (non-hydrogen) atoms. The number of hydrogen-bond acceptors (Lipinski definition) is 5. The minimum Gasteiger partial charge on any atom is -0.480 e. The Morgan fingerprint density at radius 2 is 2.15 bits per heavy atom. The van der Waals surface area contributed by atoms with E-state index in [4.69, 9.17) is 12.2 Å². The van der Waals surface area contributed by atoms with E-state index in [2.05, 4.69) is 24.1 Å². The number of benzene rings is 1. The van der Waals surface area contributed by atoms with Crippen LogP contribution in [-0.4, -0.2) is 45.8 Å². The molecule has 0 bridgehead atoms. The van der Waals surface area contributed by atoms with Crippen LogP contribution >= 0.6 is 24.0 Å². The molecule has 1 fully saturated rings. The molecule has 0 aromatic heterocycles. The standard InChI is InChI=1S/C20H24N2O3S2/c1-12(2)9-16(19(24)25)22-18(23)17(27-20(22)26)11-13-6-7-15-14(10-13)5-4-8-21(15)3/h6-7,10-12,16H,4-5,8-9H2,1-3H3,(H,24,25)/b17-11+/t16-/m1/s1. The number of carbonyl (C=O) groups excluding carboxylic acids is 1. The molecule has 1 aromatic carbocycles. The zero-order valence-electron chi connectivity index (χ0n) is 15.8. The minimum atomic E-state index is -1.02. The lowest BCUT2D eigenvalue weighted by atomic mass is 9.99. The van der Waals surface area contributed by atoms with Crippen molar-refractivity contribution in [2.75, 3.05) is 18.5 Å². The molecule has 1 saturated heterocycles. The molecule has 2 heterocycles. The van der Waals surface area contributed by atoms with Crippen molar-refractivity contribution in [1.29, 1.82) is 0 Å².